The second kappa shape index (κ2) is 10.9. The van der Waals surface area contributed by atoms with E-state index in [4.69, 9.17) is 14.6 Å². The molecule has 1 saturated carbocycles. The number of carbonyl (C=O) groups excluding carboxylic acids is 2. The maximum atomic E-state index is 13.4. The molecule has 0 radical (unpaired) electrons. The van der Waals surface area contributed by atoms with Gasteiger partial charge in [0.05, 0.1) is 23.1 Å². The highest BCUT2D eigenvalue weighted by Crippen LogP contribution is 2.40. The minimum absolute atomic E-state index is 0.204. The fourth-order valence-corrected chi connectivity index (χ4v) is 6.22. The van der Waals surface area contributed by atoms with Gasteiger partial charge in [-0.15, -0.1) is 0 Å². The van der Waals surface area contributed by atoms with Crippen LogP contribution in [-0.2, 0) is 28.9 Å². The first kappa shape index (κ1) is 27.4. The second-order valence-corrected chi connectivity index (χ2v) is 12.6. The van der Waals surface area contributed by atoms with Gasteiger partial charge in [-0.05, 0) is 69.2 Å². The van der Waals surface area contributed by atoms with Gasteiger partial charge in [-0.2, -0.15) is 5.10 Å². The molecular weight excluding hydrogens is 516 g/mol. The molecule has 0 spiro atoms. The number of rotatable bonds is 4. The van der Waals surface area contributed by atoms with Crippen molar-refractivity contribution in [1.82, 2.24) is 19.6 Å². The third-order valence-corrected chi connectivity index (χ3v) is 8.53. The normalized spacial score (nSPS) is 18.8. The zero-order valence-electron chi connectivity index (χ0n) is 24.6. The molecular formula is C33H40N4O4. The van der Waals surface area contributed by atoms with Gasteiger partial charge >= 0.3 is 12.2 Å². The molecule has 6 rings (SSSR count). The Morgan fingerprint density at radius 1 is 1.00 bits per heavy atom. The lowest BCUT2D eigenvalue weighted by Gasteiger charge is -2.38. The molecule has 1 unspecified atom stereocenters. The molecule has 2 amide bonds. The Labute approximate surface area is 242 Å². The summed E-state index contributed by atoms with van der Waals surface area (Å²) in [5.74, 6) is 0.676. The van der Waals surface area contributed by atoms with Gasteiger partial charge in [0.2, 0.25) is 0 Å². The number of aromatic nitrogens is 2. The largest absolute Gasteiger partial charge is 0.445 e. The van der Waals surface area contributed by atoms with Crippen molar-refractivity contribution in [1.29, 1.82) is 0 Å². The smallest absolute Gasteiger partial charge is 0.410 e. The van der Waals surface area contributed by atoms with E-state index < -0.39 is 5.60 Å². The molecule has 1 fully saturated rings. The van der Waals surface area contributed by atoms with Crippen molar-refractivity contribution in [3.8, 4) is 5.69 Å². The highest BCUT2D eigenvalue weighted by Gasteiger charge is 2.41. The Hall–Kier alpha value is -3.81. The number of ether oxygens (including phenoxy) is 2. The van der Waals surface area contributed by atoms with Crippen molar-refractivity contribution in [2.75, 3.05) is 19.6 Å². The summed E-state index contributed by atoms with van der Waals surface area (Å²) in [7, 11) is 0. The number of benzene rings is 2. The van der Waals surface area contributed by atoms with E-state index in [1.54, 1.807) is 9.80 Å². The van der Waals surface area contributed by atoms with Gasteiger partial charge in [0.1, 0.15) is 12.2 Å². The van der Waals surface area contributed by atoms with Crippen LogP contribution in [0.5, 0.6) is 0 Å². The zero-order valence-corrected chi connectivity index (χ0v) is 24.6. The lowest BCUT2D eigenvalue weighted by Crippen LogP contribution is -2.47. The topological polar surface area (TPSA) is 76.9 Å². The van der Waals surface area contributed by atoms with E-state index in [9.17, 15) is 9.59 Å². The van der Waals surface area contributed by atoms with Gasteiger partial charge in [0.25, 0.3) is 0 Å². The minimum atomic E-state index is -0.622. The van der Waals surface area contributed by atoms with Gasteiger partial charge in [0.15, 0.2) is 0 Å². The van der Waals surface area contributed by atoms with E-state index in [0.717, 1.165) is 28.2 Å². The van der Waals surface area contributed by atoms with Crippen molar-refractivity contribution < 1.29 is 19.1 Å². The molecule has 1 aliphatic carbocycles. The molecule has 0 bridgehead atoms. The number of amides is 2. The van der Waals surface area contributed by atoms with Gasteiger partial charge < -0.3 is 14.4 Å². The molecule has 3 aliphatic rings. The fraction of sp³-hybridized carbons (Fsp3) is 0.485. The van der Waals surface area contributed by atoms with Crippen molar-refractivity contribution in [3.05, 3.63) is 82.2 Å². The van der Waals surface area contributed by atoms with Crippen LogP contribution in [0.15, 0.2) is 48.5 Å². The zero-order chi connectivity index (χ0) is 28.7. The third-order valence-electron chi connectivity index (χ3n) is 8.53. The van der Waals surface area contributed by atoms with Crippen LogP contribution in [-0.4, -0.2) is 57.0 Å². The van der Waals surface area contributed by atoms with Crippen molar-refractivity contribution >= 4 is 12.2 Å². The van der Waals surface area contributed by atoms with E-state index >= 15 is 0 Å². The standard InChI is InChI=1S/C33H40N4O4/c1-22-19-25(24-11-8-12-24)13-14-27(22)37-28-16-18-36(32(39)41-33(2,3)4)29-20-35(17-15-26(34-37)30(28)29)31(38)40-21-23-9-6-5-7-10-23/h5-7,9-10,13-14,19,24,29H,8,11-12,15-18,20-21H2,1-4H3. The number of hydrogen-bond acceptors (Lipinski definition) is 5. The number of carbonyl (C=O) groups is 2. The van der Waals surface area contributed by atoms with Crippen LogP contribution in [0.4, 0.5) is 9.59 Å². The Bertz CT molecular complexity index is 1440. The Morgan fingerprint density at radius 2 is 1.78 bits per heavy atom. The Kier molecular flexibility index (Phi) is 7.26. The minimum Gasteiger partial charge on any atom is -0.445 e. The molecule has 0 saturated heterocycles. The van der Waals surface area contributed by atoms with E-state index in [1.165, 1.54) is 30.4 Å². The van der Waals surface area contributed by atoms with Crippen LogP contribution in [0.25, 0.3) is 5.69 Å². The van der Waals surface area contributed by atoms with Crippen LogP contribution in [0.1, 0.15) is 85.6 Å². The van der Waals surface area contributed by atoms with Crippen molar-refractivity contribution in [3.63, 3.8) is 0 Å². The SMILES string of the molecule is Cc1cc(C2CCC2)ccc1-n1nc2c3c1CCN(C(=O)OC(C)(C)C)C3CN(C(=O)OCc1ccccc1)CC2. The van der Waals surface area contributed by atoms with Gasteiger partial charge in [0, 0.05) is 38.0 Å². The summed E-state index contributed by atoms with van der Waals surface area (Å²) in [6.45, 7) is 9.28. The summed E-state index contributed by atoms with van der Waals surface area (Å²) in [6.07, 6.45) is 4.36. The lowest BCUT2D eigenvalue weighted by atomic mass is 9.79. The first-order valence-electron chi connectivity index (χ1n) is 14.8. The van der Waals surface area contributed by atoms with Crippen LogP contribution in [0.2, 0.25) is 0 Å². The van der Waals surface area contributed by atoms with Gasteiger partial charge in [-0.25, -0.2) is 14.3 Å². The Morgan fingerprint density at radius 3 is 2.46 bits per heavy atom. The van der Waals surface area contributed by atoms with E-state index in [0.29, 0.717) is 38.4 Å². The summed E-state index contributed by atoms with van der Waals surface area (Å²) >= 11 is 0. The molecule has 8 nitrogen and oxygen atoms in total. The second-order valence-electron chi connectivity index (χ2n) is 12.6. The summed E-state index contributed by atoms with van der Waals surface area (Å²) in [5.41, 5.74) is 7.11. The van der Waals surface area contributed by atoms with Gasteiger partial charge in [-0.1, -0.05) is 48.9 Å². The predicted octanol–water partition coefficient (Wildman–Crippen LogP) is 6.48. The monoisotopic (exact) mass is 556 g/mol. The first-order chi connectivity index (χ1) is 19.7. The van der Waals surface area contributed by atoms with Crippen LogP contribution >= 0.6 is 0 Å². The maximum Gasteiger partial charge on any atom is 0.410 e. The highest BCUT2D eigenvalue weighted by atomic mass is 16.6. The maximum absolute atomic E-state index is 13.4. The van der Waals surface area contributed by atoms with Crippen molar-refractivity contribution in [2.24, 2.45) is 0 Å². The summed E-state index contributed by atoms with van der Waals surface area (Å²) in [6, 6.07) is 16.1. The fourth-order valence-electron chi connectivity index (χ4n) is 6.22. The van der Waals surface area contributed by atoms with Crippen LogP contribution < -0.4 is 0 Å². The molecule has 41 heavy (non-hydrogen) atoms. The molecule has 0 N–H and O–H groups in total. The predicted molar refractivity (Wildman–Crippen MR) is 156 cm³/mol. The van der Waals surface area contributed by atoms with E-state index in [-0.39, 0.29) is 24.8 Å². The van der Waals surface area contributed by atoms with E-state index in [2.05, 4.69) is 29.8 Å². The summed E-state index contributed by atoms with van der Waals surface area (Å²) < 4.78 is 13.6. The van der Waals surface area contributed by atoms with E-state index in [1.807, 2.05) is 51.1 Å². The summed E-state index contributed by atoms with van der Waals surface area (Å²) in [5, 5.41) is 5.13. The first-order valence-corrected chi connectivity index (χ1v) is 14.8. The molecule has 8 heteroatoms. The molecule has 1 atom stereocenters. The molecule has 3 aromatic rings. The highest BCUT2D eigenvalue weighted by molar-refractivity contribution is 5.71. The molecule has 216 valence electrons. The van der Waals surface area contributed by atoms with Gasteiger partial charge in [-0.3, -0.25) is 4.90 Å². The molecule has 2 aromatic carbocycles. The molecule has 2 aliphatic heterocycles. The number of hydrogen-bond donors (Lipinski definition) is 0. The average Bonchev–Trinajstić information content (AvgIpc) is 3.15. The molecule has 1 aromatic heterocycles. The molecule has 3 heterocycles. The number of nitrogens with zero attached hydrogens (tertiary/aromatic N) is 4. The third kappa shape index (κ3) is 5.56. The lowest BCUT2D eigenvalue weighted by molar-refractivity contribution is 0.00940. The summed E-state index contributed by atoms with van der Waals surface area (Å²) in [4.78, 5) is 30.2. The van der Waals surface area contributed by atoms with Crippen molar-refractivity contribution in [2.45, 2.75) is 84.0 Å². The number of aryl methyl sites for hydroxylation is 1. The van der Waals surface area contributed by atoms with Crippen LogP contribution in [0, 0.1) is 6.92 Å². The average molecular weight is 557 g/mol. The quantitative estimate of drug-likeness (QED) is 0.368. The Balaban J connectivity index is 1.31. The van der Waals surface area contributed by atoms with Crippen LogP contribution in [0.3, 0.4) is 0 Å².